The minimum atomic E-state index is -0.940. The molecule has 0 unspecified atom stereocenters. The van der Waals surface area contributed by atoms with Crippen molar-refractivity contribution in [2.75, 3.05) is 0 Å². The zero-order chi connectivity index (χ0) is 6.69. The molecule has 0 aliphatic heterocycles. The van der Waals surface area contributed by atoms with Crippen molar-refractivity contribution in [1.82, 2.24) is 0 Å². The fraction of sp³-hybridized carbons (Fsp3) is 0. The van der Waals surface area contributed by atoms with Gasteiger partial charge >= 0.3 is 58.9 Å². The summed E-state index contributed by atoms with van der Waals surface area (Å²) in [5.41, 5.74) is 0. The van der Waals surface area contributed by atoms with Gasteiger partial charge in [0.25, 0.3) is 0 Å². The molecule has 9 heavy (non-hydrogen) atoms. The monoisotopic (exact) mass is 184 g/mol. The first-order valence-corrected chi connectivity index (χ1v) is 4.16. The third-order valence-corrected chi connectivity index (χ3v) is 2.02. The van der Waals surface area contributed by atoms with Crippen LogP contribution in [0.4, 0.5) is 0 Å². The summed E-state index contributed by atoms with van der Waals surface area (Å²) in [5, 5.41) is 8.76. The van der Waals surface area contributed by atoms with Crippen molar-refractivity contribution < 1.29 is 8.85 Å². The van der Waals surface area contributed by atoms with Crippen LogP contribution >= 0.6 is 0 Å². The zero-order valence-corrected chi connectivity index (χ0v) is 6.49. The minimum absolute atomic E-state index is 0.216. The number of hydrogen-bond donors (Lipinski definition) is 1. The van der Waals surface area contributed by atoms with E-state index < -0.39 is 15.7 Å². The fourth-order valence-electron chi connectivity index (χ4n) is 0.513. The molecule has 1 rings (SSSR count). The van der Waals surface area contributed by atoms with Crippen LogP contribution in [0.1, 0.15) is 0 Å². The van der Waals surface area contributed by atoms with E-state index in [1.165, 1.54) is 12.1 Å². The molecule has 0 aliphatic carbocycles. The molecule has 0 atom stereocenters. The molecular weight excluding hydrogens is 179 g/mol. The molecule has 46 valence electrons. The van der Waals surface area contributed by atoms with Crippen LogP contribution in [0.15, 0.2) is 24.3 Å². The molecule has 0 aliphatic rings. The van der Waals surface area contributed by atoms with Crippen LogP contribution < -0.4 is 4.35 Å². The number of rotatable bonds is 1. The Labute approximate surface area is 59.4 Å². The van der Waals surface area contributed by atoms with Gasteiger partial charge in [0, 0.05) is 0 Å². The summed E-state index contributed by atoms with van der Waals surface area (Å²) in [4.78, 5) is 0. The Bertz CT molecular complexity index is 205. The predicted molar refractivity (Wildman–Crippen MR) is 34.2 cm³/mol. The fourth-order valence-corrected chi connectivity index (χ4v) is 1.08. The summed E-state index contributed by atoms with van der Waals surface area (Å²) >= 11 is -0.940. The third-order valence-electron chi connectivity index (χ3n) is 0.955. The molecular formula is C6H5AsO2. The molecule has 1 N–H and O–H groups in total. The van der Waals surface area contributed by atoms with Crippen LogP contribution in [-0.2, 0) is 3.74 Å². The van der Waals surface area contributed by atoms with Gasteiger partial charge in [-0.1, -0.05) is 0 Å². The van der Waals surface area contributed by atoms with Gasteiger partial charge in [-0.05, 0) is 0 Å². The van der Waals surface area contributed by atoms with Crippen molar-refractivity contribution in [3.8, 4) is 5.75 Å². The molecule has 2 nitrogen and oxygen atoms in total. The van der Waals surface area contributed by atoms with Crippen molar-refractivity contribution in [2.45, 2.75) is 0 Å². The summed E-state index contributed by atoms with van der Waals surface area (Å²) in [6.45, 7) is 0. The van der Waals surface area contributed by atoms with Crippen LogP contribution in [0, 0.1) is 0 Å². The second kappa shape index (κ2) is 2.79. The molecule has 1 aromatic rings. The second-order valence-corrected chi connectivity index (χ2v) is 3.07. The van der Waals surface area contributed by atoms with E-state index in [4.69, 9.17) is 5.11 Å². The van der Waals surface area contributed by atoms with E-state index in [1.54, 1.807) is 12.1 Å². The normalized spacial score (nSPS) is 9.78. The second-order valence-electron chi connectivity index (χ2n) is 1.61. The van der Waals surface area contributed by atoms with E-state index in [1.807, 2.05) is 0 Å². The molecule has 0 amide bonds. The summed E-state index contributed by atoms with van der Waals surface area (Å²) < 4.78 is 11.1. The summed E-state index contributed by atoms with van der Waals surface area (Å²) in [5.74, 6) is 0.216. The molecule has 0 spiro atoms. The molecule has 1 aromatic carbocycles. The van der Waals surface area contributed by atoms with E-state index in [0.717, 1.165) is 4.35 Å². The number of phenolic OH excluding ortho intramolecular Hbond substituents is 1. The van der Waals surface area contributed by atoms with Gasteiger partial charge in [-0.2, -0.15) is 0 Å². The molecule has 0 radical (unpaired) electrons. The molecule has 0 bridgehead atoms. The van der Waals surface area contributed by atoms with Gasteiger partial charge in [-0.15, -0.1) is 0 Å². The molecule has 0 fully saturated rings. The summed E-state index contributed by atoms with van der Waals surface area (Å²) in [6, 6.07) is 6.37. The van der Waals surface area contributed by atoms with Crippen molar-refractivity contribution in [3.63, 3.8) is 0 Å². The molecule has 0 saturated heterocycles. The summed E-state index contributed by atoms with van der Waals surface area (Å²) in [6.07, 6.45) is 0. The Balaban J connectivity index is 3.01. The van der Waals surface area contributed by atoms with Gasteiger partial charge in [-0.3, -0.25) is 0 Å². The third kappa shape index (κ3) is 1.65. The first-order valence-electron chi connectivity index (χ1n) is 2.45. The number of benzene rings is 1. The van der Waals surface area contributed by atoms with Crippen LogP contribution in [-0.4, -0.2) is 20.8 Å². The van der Waals surface area contributed by atoms with Crippen LogP contribution in [0.25, 0.3) is 0 Å². The van der Waals surface area contributed by atoms with Crippen LogP contribution in [0.3, 0.4) is 0 Å². The topological polar surface area (TPSA) is 37.3 Å². The number of phenols is 1. The van der Waals surface area contributed by atoms with Crippen molar-refractivity contribution in [1.29, 1.82) is 0 Å². The molecule has 0 aromatic heterocycles. The Morgan fingerprint density at radius 1 is 1.22 bits per heavy atom. The van der Waals surface area contributed by atoms with Gasteiger partial charge in [-0.25, -0.2) is 0 Å². The van der Waals surface area contributed by atoms with E-state index in [0.29, 0.717) is 0 Å². The zero-order valence-electron chi connectivity index (χ0n) is 4.61. The van der Waals surface area contributed by atoms with E-state index in [-0.39, 0.29) is 5.75 Å². The van der Waals surface area contributed by atoms with E-state index in [2.05, 4.69) is 0 Å². The van der Waals surface area contributed by atoms with E-state index >= 15 is 0 Å². The number of hydrogen-bond acceptors (Lipinski definition) is 2. The molecule has 0 saturated carbocycles. The first kappa shape index (κ1) is 6.50. The number of aromatic hydroxyl groups is 1. The quantitative estimate of drug-likeness (QED) is 0.627. The average Bonchev–Trinajstić information content (AvgIpc) is 1.90. The standard InChI is InChI=1S/C6H5AsO2/c8-6-3-1-5(7-9)2-4-6/h1-4,8H. The molecule has 0 heterocycles. The maximum absolute atomic E-state index is 10.3. The van der Waals surface area contributed by atoms with Gasteiger partial charge < -0.3 is 0 Å². The Morgan fingerprint density at radius 2 is 1.78 bits per heavy atom. The average molecular weight is 184 g/mol. The van der Waals surface area contributed by atoms with Crippen molar-refractivity contribution >= 4 is 20.0 Å². The van der Waals surface area contributed by atoms with Crippen molar-refractivity contribution in [2.24, 2.45) is 0 Å². The van der Waals surface area contributed by atoms with Gasteiger partial charge in [0.05, 0.1) is 0 Å². The maximum atomic E-state index is 10.3. The Morgan fingerprint density at radius 3 is 2.22 bits per heavy atom. The van der Waals surface area contributed by atoms with Crippen LogP contribution in [0.5, 0.6) is 5.75 Å². The van der Waals surface area contributed by atoms with Gasteiger partial charge in [0.1, 0.15) is 0 Å². The van der Waals surface area contributed by atoms with E-state index in [9.17, 15) is 3.74 Å². The van der Waals surface area contributed by atoms with Gasteiger partial charge in [0.2, 0.25) is 0 Å². The predicted octanol–water partition coefficient (Wildman–Crippen LogP) is 0.0672. The first-order chi connectivity index (χ1) is 4.33. The Kier molecular flexibility index (Phi) is 2.01. The van der Waals surface area contributed by atoms with Crippen molar-refractivity contribution in [3.05, 3.63) is 24.3 Å². The SMILES string of the molecule is O=[As]c1ccc(O)cc1. The van der Waals surface area contributed by atoms with Crippen LogP contribution in [0.2, 0.25) is 0 Å². The Hall–Kier alpha value is -0.622. The summed E-state index contributed by atoms with van der Waals surface area (Å²) in [7, 11) is 0. The van der Waals surface area contributed by atoms with Gasteiger partial charge in [0.15, 0.2) is 0 Å². The molecule has 3 heteroatoms.